The van der Waals surface area contributed by atoms with Gasteiger partial charge in [-0.2, -0.15) is 0 Å². The van der Waals surface area contributed by atoms with Crippen molar-refractivity contribution in [2.45, 2.75) is 19.4 Å². The van der Waals surface area contributed by atoms with E-state index in [1.54, 1.807) is 18.4 Å². The Balaban J connectivity index is 1.84. The molecule has 1 aromatic heterocycles. The van der Waals surface area contributed by atoms with E-state index in [0.717, 1.165) is 42.2 Å². The van der Waals surface area contributed by atoms with Gasteiger partial charge in [0.05, 0.1) is 23.4 Å². The van der Waals surface area contributed by atoms with E-state index in [-0.39, 0.29) is 11.9 Å². The van der Waals surface area contributed by atoms with Crippen molar-refractivity contribution in [1.29, 1.82) is 0 Å². The van der Waals surface area contributed by atoms with Crippen LogP contribution in [0.4, 0.5) is 0 Å². The number of piperidine rings is 1. The predicted molar refractivity (Wildman–Crippen MR) is 88.5 cm³/mol. The molecule has 1 fully saturated rings. The number of aliphatic imine (C=N–C) groups is 1. The fraction of sp³-hybridized carbons (Fsp3) is 0.571. The van der Waals surface area contributed by atoms with Gasteiger partial charge in [-0.15, -0.1) is 11.3 Å². The fourth-order valence-electron chi connectivity index (χ4n) is 2.44. The molecule has 1 N–H and O–H groups in total. The number of halogens is 1. The summed E-state index contributed by atoms with van der Waals surface area (Å²) in [7, 11) is 3.24. The summed E-state index contributed by atoms with van der Waals surface area (Å²) in [4.78, 5) is 19.3. The summed E-state index contributed by atoms with van der Waals surface area (Å²) in [5.74, 6) is 0.821. The Morgan fingerprint density at radius 3 is 2.76 bits per heavy atom. The van der Waals surface area contributed by atoms with Crippen LogP contribution >= 0.6 is 27.3 Å². The monoisotopic (exact) mass is 373 g/mol. The molecule has 0 unspecified atom stereocenters. The van der Waals surface area contributed by atoms with Gasteiger partial charge in [0.15, 0.2) is 5.96 Å². The number of nitrogens with one attached hydrogen (secondary N) is 1. The van der Waals surface area contributed by atoms with Crippen LogP contribution in [0.15, 0.2) is 20.9 Å². The molecule has 0 radical (unpaired) electrons. The molecule has 0 saturated carbocycles. The molecule has 0 atom stereocenters. The first-order valence-corrected chi connectivity index (χ1v) is 8.52. The van der Waals surface area contributed by atoms with E-state index in [1.165, 1.54) is 12.0 Å². The van der Waals surface area contributed by atoms with Gasteiger partial charge in [-0.3, -0.25) is 9.79 Å². The van der Waals surface area contributed by atoms with Crippen LogP contribution in [0.5, 0.6) is 0 Å². The summed E-state index contributed by atoms with van der Waals surface area (Å²) in [6.45, 7) is 2.42. The minimum atomic E-state index is -0.0963. The predicted octanol–water partition coefficient (Wildman–Crippen LogP) is 2.47. The lowest BCUT2D eigenvalue weighted by molar-refractivity contribution is -0.146. The number of methoxy groups -OCH3 is 1. The summed E-state index contributed by atoms with van der Waals surface area (Å²) in [6.07, 6.45) is 1.63. The van der Waals surface area contributed by atoms with Crippen molar-refractivity contribution < 1.29 is 9.53 Å². The van der Waals surface area contributed by atoms with Crippen LogP contribution in [0.3, 0.4) is 0 Å². The van der Waals surface area contributed by atoms with E-state index in [0.29, 0.717) is 0 Å². The molecule has 2 heterocycles. The summed E-state index contributed by atoms with van der Waals surface area (Å²) < 4.78 is 5.95. The van der Waals surface area contributed by atoms with Gasteiger partial charge in [0, 0.05) is 25.0 Å². The molecular weight excluding hydrogens is 354 g/mol. The Morgan fingerprint density at radius 2 is 2.24 bits per heavy atom. The van der Waals surface area contributed by atoms with Gasteiger partial charge in [0.25, 0.3) is 0 Å². The molecule has 7 heteroatoms. The highest BCUT2D eigenvalue weighted by Crippen LogP contribution is 2.22. The Labute approximate surface area is 137 Å². The third-order valence-electron chi connectivity index (χ3n) is 3.59. The average molecular weight is 374 g/mol. The van der Waals surface area contributed by atoms with Crippen LogP contribution < -0.4 is 5.32 Å². The van der Waals surface area contributed by atoms with Crippen LogP contribution in [0.25, 0.3) is 0 Å². The number of likely N-dealkylation sites (tertiary alicyclic amines) is 1. The molecule has 1 saturated heterocycles. The van der Waals surface area contributed by atoms with E-state index in [9.17, 15) is 4.79 Å². The highest BCUT2D eigenvalue weighted by molar-refractivity contribution is 9.11. The zero-order valence-corrected chi connectivity index (χ0v) is 14.7. The standard InChI is InChI=1S/C14H20BrN3O2S/c1-16-14(17-9-11-3-4-12(15)21-11)18-7-5-10(6-8-18)13(19)20-2/h3-4,10H,5-9H2,1-2H3,(H,16,17). The molecule has 1 aliphatic heterocycles. The number of thiophene rings is 1. The first-order chi connectivity index (χ1) is 10.1. The molecule has 1 aliphatic rings. The lowest BCUT2D eigenvalue weighted by Crippen LogP contribution is -2.46. The van der Waals surface area contributed by atoms with Crippen LogP contribution in [-0.2, 0) is 16.1 Å². The highest BCUT2D eigenvalue weighted by atomic mass is 79.9. The van der Waals surface area contributed by atoms with Crippen LogP contribution in [0, 0.1) is 5.92 Å². The number of carbonyl (C=O) groups excluding carboxylic acids is 1. The molecule has 0 aromatic carbocycles. The Hall–Kier alpha value is -1.08. The van der Waals surface area contributed by atoms with Gasteiger partial charge < -0.3 is 15.0 Å². The zero-order valence-electron chi connectivity index (χ0n) is 12.3. The molecule has 0 aliphatic carbocycles. The fourth-order valence-corrected chi connectivity index (χ4v) is 3.86. The first-order valence-electron chi connectivity index (χ1n) is 6.91. The van der Waals surface area contributed by atoms with E-state index in [4.69, 9.17) is 4.74 Å². The number of ether oxygens (including phenoxy) is 1. The number of guanidine groups is 1. The number of nitrogens with zero attached hydrogens (tertiary/aromatic N) is 2. The molecule has 116 valence electrons. The molecule has 2 rings (SSSR count). The Kier molecular flexibility index (Phi) is 6.05. The van der Waals surface area contributed by atoms with Crippen molar-refractivity contribution in [1.82, 2.24) is 10.2 Å². The maximum atomic E-state index is 11.5. The molecule has 0 spiro atoms. The highest BCUT2D eigenvalue weighted by Gasteiger charge is 2.26. The quantitative estimate of drug-likeness (QED) is 0.502. The smallest absolute Gasteiger partial charge is 0.308 e. The summed E-state index contributed by atoms with van der Waals surface area (Å²) in [5.41, 5.74) is 0. The van der Waals surface area contributed by atoms with Gasteiger partial charge >= 0.3 is 5.97 Å². The van der Waals surface area contributed by atoms with Gasteiger partial charge in [-0.25, -0.2) is 0 Å². The van der Waals surface area contributed by atoms with Gasteiger partial charge in [-0.05, 0) is 40.9 Å². The summed E-state index contributed by atoms with van der Waals surface area (Å²) in [6, 6.07) is 4.14. The number of rotatable bonds is 3. The Bertz CT molecular complexity index is 510. The van der Waals surface area contributed by atoms with Crippen LogP contribution in [0.2, 0.25) is 0 Å². The number of carbonyl (C=O) groups is 1. The van der Waals surface area contributed by atoms with Crippen LogP contribution in [0.1, 0.15) is 17.7 Å². The van der Waals surface area contributed by atoms with Crippen LogP contribution in [-0.4, -0.2) is 44.1 Å². The van der Waals surface area contributed by atoms with Gasteiger partial charge in [0.2, 0.25) is 0 Å². The molecule has 0 amide bonds. The van der Waals surface area contributed by atoms with Crippen molar-refractivity contribution in [3.05, 3.63) is 20.8 Å². The maximum absolute atomic E-state index is 11.5. The van der Waals surface area contributed by atoms with Gasteiger partial charge in [-0.1, -0.05) is 0 Å². The van der Waals surface area contributed by atoms with E-state index in [2.05, 4.69) is 37.2 Å². The van der Waals surface area contributed by atoms with Crippen molar-refractivity contribution in [3.8, 4) is 0 Å². The van der Waals surface area contributed by atoms with Gasteiger partial charge in [0.1, 0.15) is 0 Å². The van der Waals surface area contributed by atoms with E-state index in [1.807, 2.05) is 6.07 Å². The second kappa shape index (κ2) is 7.79. The van der Waals surface area contributed by atoms with E-state index < -0.39 is 0 Å². The Morgan fingerprint density at radius 1 is 1.52 bits per heavy atom. The van der Waals surface area contributed by atoms with Crippen molar-refractivity contribution >= 4 is 39.2 Å². The third kappa shape index (κ3) is 4.44. The molecule has 1 aromatic rings. The minimum absolute atomic E-state index is 0.0256. The normalized spacial score (nSPS) is 16.9. The van der Waals surface area contributed by atoms with Crippen molar-refractivity contribution in [2.24, 2.45) is 10.9 Å². The summed E-state index contributed by atoms with van der Waals surface area (Å²) >= 11 is 5.18. The topological polar surface area (TPSA) is 53.9 Å². The molecule has 21 heavy (non-hydrogen) atoms. The summed E-state index contributed by atoms with van der Waals surface area (Å²) in [5, 5.41) is 3.38. The zero-order chi connectivity index (χ0) is 15.2. The lowest BCUT2D eigenvalue weighted by atomic mass is 9.97. The second-order valence-electron chi connectivity index (χ2n) is 4.89. The minimum Gasteiger partial charge on any atom is -0.469 e. The maximum Gasteiger partial charge on any atom is 0.308 e. The van der Waals surface area contributed by atoms with E-state index >= 15 is 0 Å². The lowest BCUT2D eigenvalue weighted by Gasteiger charge is -2.33. The SMILES string of the molecule is CN=C(NCc1ccc(Br)s1)N1CCC(C(=O)OC)CC1. The largest absolute Gasteiger partial charge is 0.469 e. The second-order valence-corrected chi connectivity index (χ2v) is 7.44. The third-order valence-corrected chi connectivity index (χ3v) is 5.21. The first kappa shape index (κ1) is 16.3. The number of esters is 1. The number of hydrogen-bond acceptors (Lipinski definition) is 4. The van der Waals surface area contributed by atoms with Crippen molar-refractivity contribution in [3.63, 3.8) is 0 Å². The molecular formula is C14H20BrN3O2S. The molecule has 0 bridgehead atoms. The average Bonchev–Trinajstić information content (AvgIpc) is 2.93. The molecule has 5 nitrogen and oxygen atoms in total. The van der Waals surface area contributed by atoms with Crippen molar-refractivity contribution in [2.75, 3.05) is 27.2 Å². The number of hydrogen-bond donors (Lipinski definition) is 1.